The van der Waals surface area contributed by atoms with Gasteiger partial charge in [-0.05, 0) is 43.1 Å². The van der Waals surface area contributed by atoms with Crippen molar-refractivity contribution in [2.75, 3.05) is 11.4 Å². The molecule has 0 spiro atoms. The molecule has 0 aliphatic carbocycles. The van der Waals surface area contributed by atoms with E-state index in [2.05, 4.69) is 26.8 Å². The summed E-state index contributed by atoms with van der Waals surface area (Å²) in [5, 5.41) is 0.290. The Labute approximate surface area is 112 Å². The molecule has 0 saturated heterocycles. The fraction of sp³-hybridized carbons (Fsp3) is 0.308. The van der Waals surface area contributed by atoms with Gasteiger partial charge in [-0.1, -0.05) is 0 Å². The Kier molecular flexibility index (Phi) is 4.10. The quantitative estimate of drug-likeness (QED) is 0.795. The minimum Gasteiger partial charge on any atom is -0.352 e. The van der Waals surface area contributed by atoms with Gasteiger partial charge in [0.25, 0.3) is 0 Å². The predicted molar refractivity (Wildman–Crippen MR) is 72.7 cm³/mol. The molecule has 0 saturated carbocycles. The van der Waals surface area contributed by atoms with E-state index in [1.807, 2.05) is 25.1 Å². The summed E-state index contributed by atoms with van der Waals surface area (Å²) >= 11 is 5.90. The molecule has 0 aliphatic heterocycles. The summed E-state index contributed by atoms with van der Waals surface area (Å²) in [6.07, 6.45) is 3.59. The molecule has 2 heterocycles. The Morgan fingerprint density at radius 1 is 1.22 bits per heavy atom. The van der Waals surface area contributed by atoms with Crippen molar-refractivity contribution in [3.8, 4) is 0 Å². The van der Waals surface area contributed by atoms with Gasteiger partial charge in [-0.25, -0.2) is 9.97 Å². The van der Waals surface area contributed by atoms with Crippen LogP contribution in [0, 0.1) is 6.92 Å². The Hall–Kier alpha value is -1.68. The van der Waals surface area contributed by atoms with Crippen molar-refractivity contribution in [1.29, 1.82) is 0 Å². The molecule has 18 heavy (non-hydrogen) atoms. The number of aromatic nitrogens is 3. The lowest BCUT2D eigenvalue weighted by Crippen LogP contribution is -2.23. The second kappa shape index (κ2) is 5.78. The zero-order chi connectivity index (χ0) is 13.0. The van der Waals surface area contributed by atoms with Gasteiger partial charge < -0.3 is 4.90 Å². The standard InChI is InChI=1S/C13H15ClN4/c1-3-18(9-11-4-6-15-7-5-11)12-8-10(2)16-13(14)17-12/h4-8H,3,9H2,1-2H3. The van der Waals surface area contributed by atoms with Gasteiger partial charge in [-0.15, -0.1) is 0 Å². The first-order valence-corrected chi connectivity index (χ1v) is 6.22. The molecule has 0 aromatic carbocycles. The van der Waals surface area contributed by atoms with Gasteiger partial charge in [0.2, 0.25) is 5.28 Å². The normalized spacial score (nSPS) is 10.4. The highest BCUT2D eigenvalue weighted by molar-refractivity contribution is 6.28. The van der Waals surface area contributed by atoms with Crippen molar-refractivity contribution in [3.63, 3.8) is 0 Å². The Balaban J connectivity index is 2.23. The SMILES string of the molecule is CCN(Cc1ccncc1)c1cc(C)nc(Cl)n1. The van der Waals surface area contributed by atoms with Crippen LogP contribution in [0.2, 0.25) is 5.28 Å². The molecule has 0 unspecified atom stereocenters. The molecule has 4 nitrogen and oxygen atoms in total. The van der Waals surface area contributed by atoms with Crippen LogP contribution in [0.1, 0.15) is 18.2 Å². The largest absolute Gasteiger partial charge is 0.352 e. The van der Waals surface area contributed by atoms with Crippen molar-refractivity contribution < 1.29 is 0 Å². The Bertz CT molecular complexity index is 495. The lowest BCUT2D eigenvalue weighted by molar-refractivity contribution is 0.806. The molecule has 94 valence electrons. The summed E-state index contributed by atoms with van der Waals surface area (Å²) in [6.45, 7) is 5.64. The summed E-state index contributed by atoms with van der Waals surface area (Å²) < 4.78 is 0. The van der Waals surface area contributed by atoms with Gasteiger partial charge in [0.1, 0.15) is 5.82 Å². The van der Waals surface area contributed by atoms with Crippen LogP contribution >= 0.6 is 11.6 Å². The molecule has 0 N–H and O–H groups in total. The van der Waals surface area contributed by atoms with E-state index in [9.17, 15) is 0 Å². The summed E-state index contributed by atoms with van der Waals surface area (Å²) in [6, 6.07) is 5.94. The number of anilines is 1. The third-order valence-corrected chi connectivity index (χ3v) is 2.81. The molecule has 0 fully saturated rings. The minimum atomic E-state index is 0.290. The van der Waals surface area contributed by atoms with Gasteiger partial charge >= 0.3 is 0 Å². The highest BCUT2D eigenvalue weighted by Crippen LogP contribution is 2.17. The van der Waals surface area contributed by atoms with Gasteiger partial charge in [-0.3, -0.25) is 4.98 Å². The summed E-state index contributed by atoms with van der Waals surface area (Å²) in [5.74, 6) is 0.854. The molecule has 2 rings (SSSR count). The first-order valence-electron chi connectivity index (χ1n) is 5.84. The smallest absolute Gasteiger partial charge is 0.224 e. The van der Waals surface area contributed by atoms with Gasteiger partial charge in [0.05, 0.1) is 0 Å². The third-order valence-electron chi connectivity index (χ3n) is 2.64. The number of rotatable bonds is 4. The van der Waals surface area contributed by atoms with E-state index in [-0.39, 0.29) is 5.28 Å². The highest BCUT2D eigenvalue weighted by Gasteiger charge is 2.08. The number of hydrogen-bond donors (Lipinski definition) is 0. The van der Waals surface area contributed by atoms with Crippen LogP contribution in [-0.4, -0.2) is 21.5 Å². The monoisotopic (exact) mass is 262 g/mol. The average molecular weight is 263 g/mol. The van der Waals surface area contributed by atoms with E-state index in [1.54, 1.807) is 12.4 Å². The topological polar surface area (TPSA) is 41.9 Å². The lowest BCUT2D eigenvalue weighted by Gasteiger charge is -2.22. The van der Waals surface area contributed by atoms with E-state index in [1.165, 1.54) is 5.56 Å². The number of pyridine rings is 1. The average Bonchev–Trinajstić information content (AvgIpc) is 2.36. The maximum atomic E-state index is 5.90. The van der Waals surface area contributed by atoms with Crippen LogP contribution in [0.25, 0.3) is 0 Å². The van der Waals surface area contributed by atoms with Crippen molar-refractivity contribution in [2.45, 2.75) is 20.4 Å². The fourth-order valence-corrected chi connectivity index (χ4v) is 1.96. The molecular weight excluding hydrogens is 248 g/mol. The maximum Gasteiger partial charge on any atom is 0.224 e. The number of hydrogen-bond acceptors (Lipinski definition) is 4. The number of aryl methyl sites for hydroxylation is 1. The predicted octanol–water partition coefficient (Wildman–Crippen LogP) is 2.86. The summed E-state index contributed by atoms with van der Waals surface area (Å²) in [7, 11) is 0. The van der Waals surface area contributed by atoms with Gasteiger partial charge in [0, 0.05) is 37.2 Å². The second-order valence-corrected chi connectivity index (χ2v) is 4.34. The molecule has 0 radical (unpaired) electrons. The molecule has 0 amide bonds. The van der Waals surface area contributed by atoms with E-state index < -0.39 is 0 Å². The van der Waals surface area contributed by atoms with E-state index in [0.717, 1.165) is 24.6 Å². The van der Waals surface area contributed by atoms with Crippen LogP contribution in [-0.2, 0) is 6.54 Å². The third kappa shape index (κ3) is 3.17. The van der Waals surface area contributed by atoms with Crippen LogP contribution in [0.3, 0.4) is 0 Å². The van der Waals surface area contributed by atoms with Gasteiger partial charge in [0.15, 0.2) is 0 Å². The first-order chi connectivity index (χ1) is 8.69. The molecule has 2 aromatic heterocycles. The van der Waals surface area contributed by atoms with Crippen molar-refractivity contribution in [2.24, 2.45) is 0 Å². The molecule has 0 aliphatic rings. The molecule has 0 atom stereocenters. The molecule has 0 bridgehead atoms. The van der Waals surface area contributed by atoms with Crippen molar-refractivity contribution in [3.05, 3.63) is 47.1 Å². The van der Waals surface area contributed by atoms with E-state index in [0.29, 0.717) is 0 Å². The first kappa shape index (κ1) is 12.8. The molecular formula is C13H15ClN4. The number of halogens is 1. The number of nitrogens with zero attached hydrogens (tertiary/aromatic N) is 4. The van der Waals surface area contributed by atoms with Gasteiger partial charge in [-0.2, -0.15) is 0 Å². The highest BCUT2D eigenvalue weighted by atomic mass is 35.5. The minimum absolute atomic E-state index is 0.290. The summed E-state index contributed by atoms with van der Waals surface area (Å²) in [5.41, 5.74) is 2.07. The van der Waals surface area contributed by atoms with Crippen LogP contribution < -0.4 is 4.90 Å². The second-order valence-electron chi connectivity index (χ2n) is 4.01. The van der Waals surface area contributed by atoms with Crippen LogP contribution in [0.15, 0.2) is 30.6 Å². The molecule has 5 heteroatoms. The summed E-state index contributed by atoms with van der Waals surface area (Å²) in [4.78, 5) is 14.5. The lowest BCUT2D eigenvalue weighted by atomic mass is 10.2. The van der Waals surface area contributed by atoms with Crippen molar-refractivity contribution >= 4 is 17.4 Å². The van der Waals surface area contributed by atoms with Crippen LogP contribution in [0.5, 0.6) is 0 Å². The molecule has 2 aromatic rings. The van der Waals surface area contributed by atoms with E-state index in [4.69, 9.17) is 11.6 Å². The maximum absolute atomic E-state index is 5.90. The zero-order valence-electron chi connectivity index (χ0n) is 10.5. The Morgan fingerprint density at radius 3 is 2.56 bits per heavy atom. The zero-order valence-corrected chi connectivity index (χ0v) is 11.2. The van der Waals surface area contributed by atoms with Crippen LogP contribution in [0.4, 0.5) is 5.82 Å². The fourth-order valence-electron chi connectivity index (χ4n) is 1.74. The van der Waals surface area contributed by atoms with Crippen molar-refractivity contribution in [1.82, 2.24) is 15.0 Å². The van der Waals surface area contributed by atoms with E-state index >= 15 is 0 Å². The Morgan fingerprint density at radius 2 is 1.94 bits per heavy atom.